The van der Waals surface area contributed by atoms with Gasteiger partial charge in [0, 0.05) is 6.42 Å². The average Bonchev–Trinajstić information content (AvgIpc) is 3.15. The van der Waals surface area contributed by atoms with Crippen LogP contribution in [-0.2, 0) is 4.79 Å². The first-order chi connectivity index (χ1) is 8.25. The Bertz CT molecular complexity index is 209. The van der Waals surface area contributed by atoms with Gasteiger partial charge in [-0.3, -0.25) is 4.79 Å². The Balaban J connectivity index is 1.84. The van der Waals surface area contributed by atoms with Gasteiger partial charge in [0.05, 0.1) is 0 Å². The van der Waals surface area contributed by atoms with Gasteiger partial charge in [-0.1, -0.05) is 51.9 Å². The zero-order valence-electron chi connectivity index (χ0n) is 11.3. The van der Waals surface area contributed by atoms with Crippen LogP contribution in [0.4, 0.5) is 0 Å². The van der Waals surface area contributed by atoms with Gasteiger partial charge in [0.2, 0.25) is 0 Å². The third-order valence-electron chi connectivity index (χ3n) is 3.68. The van der Waals surface area contributed by atoms with Crippen LogP contribution in [0.3, 0.4) is 0 Å². The number of unbranched alkanes of at least 4 members (excludes halogenated alkanes) is 7. The van der Waals surface area contributed by atoms with Crippen molar-refractivity contribution in [1.82, 2.24) is 0 Å². The van der Waals surface area contributed by atoms with Crippen LogP contribution in [0, 0.1) is 5.92 Å². The van der Waals surface area contributed by atoms with E-state index >= 15 is 0 Å². The van der Waals surface area contributed by atoms with Crippen LogP contribution in [0.5, 0.6) is 0 Å². The van der Waals surface area contributed by atoms with Crippen molar-refractivity contribution in [3.05, 3.63) is 0 Å². The summed E-state index contributed by atoms with van der Waals surface area (Å²) < 4.78 is 0. The number of carbonyl (C=O) groups is 1. The Kier molecular flexibility index (Phi) is 7.50. The lowest BCUT2D eigenvalue weighted by molar-refractivity contribution is -0.128. The summed E-state index contributed by atoms with van der Waals surface area (Å²) in [5.41, 5.74) is 0. The highest BCUT2D eigenvalue weighted by molar-refractivity contribution is 5.83. The van der Waals surface area contributed by atoms with E-state index in [1.54, 1.807) is 0 Å². The van der Waals surface area contributed by atoms with Crippen molar-refractivity contribution in [2.24, 2.45) is 5.92 Å². The van der Waals surface area contributed by atoms with Crippen molar-refractivity contribution >= 4 is 5.78 Å². The van der Waals surface area contributed by atoms with Crippen molar-refractivity contribution in [3.8, 4) is 0 Å². The monoisotopic (exact) mass is 240 g/mol. The van der Waals surface area contributed by atoms with Crippen LogP contribution in [0.1, 0.15) is 77.6 Å². The molecule has 0 saturated heterocycles. The Morgan fingerprint density at radius 1 is 1.06 bits per heavy atom. The van der Waals surface area contributed by atoms with E-state index in [-0.39, 0.29) is 5.78 Å². The molecule has 0 aromatic rings. The molecule has 1 aliphatic carbocycles. The second kappa shape index (κ2) is 8.68. The molecule has 0 radical (unpaired) electrons. The van der Waals surface area contributed by atoms with Gasteiger partial charge in [-0.05, 0) is 25.2 Å². The number of Topliss-reactive ketones (excluding diaryl/α,β-unsaturated/α-hetero) is 1. The van der Waals surface area contributed by atoms with E-state index < -0.39 is 6.10 Å². The average molecular weight is 240 g/mol. The molecule has 2 heteroatoms. The maximum Gasteiger partial charge on any atom is 0.161 e. The number of hydrogen-bond acceptors (Lipinski definition) is 2. The van der Waals surface area contributed by atoms with Crippen molar-refractivity contribution in [1.29, 1.82) is 0 Å². The Hall–Kier alpha value is -0.370. The standard InChI is InChI=1S/C15H28O2/c1-2-3-4-5-6-7-8-9-10-14(16)15(17)13-11-12-13/h13,15,17H,2-12H2,1H3. The molecule has 0 aromatic heterocycles. The first kappa shape index (κ1) is 14.7. The number of aliphatic hydroxyl groups excluding tert-OH is 1. The minimum absolute atomic E-state index is 0.0819. The van der Waals surface area contributed by atoms with E-state index in [1.165, 1.54) is 38.5 Å². The van der Waals surface area contributed by atoms with Crippen LogP contribution in [0.25, 0.3) is 0 Å². The molecule has 1 fully saturated rings. The fourth-order valence-corrected chi connectivity index (χ4v) is 2.26. The molecular weight excluding hydrogens is 212 g/mol. The number of ketones is 1. The largest absolute Gasteiger partial charge is 0.385 e. The normalized spacial score (nSPS) is 17.1. The molecule has 1 unspecified atom stereocenters. The third-order valence-corrected chi connectivity index (χ3v) is 3.68. The number of rotatable bonds is 11. The molecule has 0 aliphatic heterocycles. The second-order valence-corrected chi connectivity index (χ2v) is 5.47. The van der Waals surface area contributed by atoms with Crippen LogP contribution >= 0.6 is 0 Å². The van der Waals surface area contributed by atoms with E-state index in [1.807, 2.05) is 0 Å². The van der Waals surface area contributed by atoms with Gasteiger partial charge < -0.3 is 5.11 Å². The molecule has 1 aliphatic rings. The molecular formula is C15H28O2. The zero-order valence-corrected chi connectivity index (χ0v) is 11.3. The van der Waals surface area contributed by atoms with Crippen LogP contribution < -0.4 is 0 Å². The lowest BCUT2D eigenvalue weighted by Gasteiger charge is -2.07. The molecule has 100 valence electrons. The molecule has 1 saturated carbocycles. The Labute approximate surface area is 106 Å². The highest BCUT2D eigenvalue weighted by Crippen LogP contribution is 2.33. The molecule has 0 spiro atoms. The molecule has 0 bridgehead atoms. The summed E-state index contributed by atoms with van der Waals surface area (Å²) in [4.78, 5) is 11.5. The smallest absolute Gasteiger partial charge is 0.161 e. The molecule has 0 aromatic carbocycles. The van der Waals surface area contributed by atoms with Gasteiger partial charge in [0.15, 0.2) is 5.78 Å². The number of hydrogen-bond donors (Lipinski definition) is 1. The van der Waals surface area contributed by atoms with Gasteiger partial charge in [0.1, 0.15) is 6.10 Å². The van der Waals surface area contributed by atoms with Crippen molar-refractivity contribution in [3.63, 3.8) is 0 Å². The molecule has 1 N–H and O–H groups in total. The Morgan fingerprint density at radius 3 is 2.12 bits per heavy atom. The van der Waals surface area contributed by atoms with Gasteiger partial charge in [0.25, 0.3) is 0 Å². The van der Waals surface area contributed by atoms with Gasteiger partial charge in [-0.2, -0.15) is 0 Å². The van der Waals surface area contributed by atoms with E-state index in [4.69, 9.17) is 0 Å². The molecule has 1 atom stereocenters. The predicted molar refractivity (Wildman–Crippen MR) is 71.0 cm³/mol. The summed E-state index contributed by atoms with van der Waals surface area (Å²) in [6.45, 7) is 2.23. The summed E-state index contributed by atoms with van der Waals surface area (Å²) >= 11 is 0. The molecule has 0 heterocycles. The topological polar surface area (TPSA) is 37.3 Å². The summed E-state index contributed by atoms with van der Waals surface area (Å²) in [5.74, 6) is 0.384. The first-order valence-electron chi connectivity index (χ1n) is 7.46. The SMILES string of the molecule is CCCCCCCCCCC(=O)C(O)C1CC1. The summed E-state index contributed by atoms with van der Waals surface area (Å²) in [6, 6.07) is 0. The van der Waals surface area contributed by atoms with E-state index in [9.17, 15) is 9.90 Å². The lowest BCUT2D eigenvalue weighted by atomic mass is 10.0. The lowest BCUT2D eigenvalue weighted by Crippen LogP contribution is -2.22. The molecule has 2 nitrogen and oxygen atoms in total. The van der Waals surface area contributed by atoms with E-state index in [0.717, 1.165) is 25.7 Å². The minimum Gasteiger partial charge on any atom is -0.385 e. The molecule has 17 heavy (non-hydrogen) atoms. The van der Waals surface area contributed by atoms with Crippen molar-refractivity contribution in [2.45, 2.75) is 83.7 Å². The van der Waals surface area contributed by atoms with Crippen LogP contribution in [-0.4, -0.2) is 17.0 Å². The van der Waals surface area contributed by atoms with Gasteiger partial charge in [-0.25, -0.2) is 0 Å². The maximum absolute atomic E-state index is 11.5. The second-order valence-electron chi connectivity index (χ2n) is 5.47. The maximum atomic E-state index is 11.5. The van der Waals surface area contributed by atoms with Crippen LogP contribution in [0.15, 0.2) is 0 Å². The fourth-order valence-electron chi connectivity index (χ4n) is 2.26. The highest BCUT2D eigenvalue weighted by Gasteiger charge is 2.33. The molecule has 0 amide bonds. The number of carbonyl (C=O) groups excluding carboxylic acids is 1. The van der Waals surface area contributed by atoms with Crippen molar-refractivity contribution < 1.29 is 9.90 Å². The summed E-state index contributed by atoms with van der Waals surface area (Å²) in [7, 11) is 0. The summed E-state index contributed by atoms with van der Waals surface area (Å²) in [6.07, 6.45) is 12.1. The Morgan fingerprint density at radius 2 is 1.59 bits per heavy atom. The fraction of sp³-hybridized carbons (Fsp3) is 0.933. The summed E-state index contributed by atoms with van der Waals surface area (Å²) in [5, 5.41) is 9.61. The number of aliphatic hydroxyl groups is 1. The molecule has 1 rings (SSSR count). The quantitative estimate of drug-likeness (QED) is 0.557. The van der Waals surface area contributed by atoms with E-state index in [0.29, 0.717) is 12.3 Å². The van der Waals surface area contributed by atoms with Crippen molar-refractivity contribution in [2.75, 3.05) is 0 Å². The van der Waals surface area contributed by atoms with Crippen LogP contribution in [0.2, 0.25) is 0 Å². The third kappa shape index (κ3) is 6.82. The minimum atomic E-state index is -0.639. The van der Waals surface area contributed by atoms with Gasteiger partial charge in [-0.15, -0.1) is 0 Å². The zero-order chi connectivity index (χ0) is 12.5. The van der Waals surface area contributed by atoms with Gasteiger partial charge >= 0.3 is 0 Å². The first-order valence-corrected chi connectivity index (χ1v) is 7.46. The van der Waals surface area contributed by atoms with E-state index in [2.05, 4.69) is 6.92 Å². The highest BCUT2D eigenvalue weighted by atomic mass is 16.3. The predicted octanol–water partition coefficient (Wildman–Crippen LogP) is 3.86.